The van der Waals surface area contributed by atoms with Crippen molar-refractivity contribution in [3.8, 4) is 0 Å². The van der Waals surface area contributed by atoms with Crippen molar-refractivity contribution in [2.45, 2.75) is 69.5 Å². The predicted octanol–water partition coefficient (Wildman–Crippen LogP) is 5.35. The quantitative estimate of drug-likeness (QED) is 0.472. The maximum atomic E-state index is 14.7. The van der Waals surface area contributed by atoms with Crippen LogP contribution >= 0.6 is 11.8 Å². The molecule has 34 heavy (non-hydrogen) atoms. The number of anilines is 1. The average Bonchev–Trinajstić information content (AvgIpc) is 3.32. The van der Waals surface area contributed by atoms with Gasteiger partial charge in [0, 0.05) is 29.7 Å². The van der Waals surface area contributed by atoms with Gasteiger partial charge in [-0.25, -0.2) is 9.37 Å². The molecule has 0 unspecified atom stereocenters. The number of fused-ring (bicyclic) bond motifs is 1. The van der Waals surface area contributed by atoms with E-state index in [9.17, 15) is 9.18 Å². The fraction of sp³-hybridized carbons (Fsp3) is 0.500. The number of hydrogen-bond donors (Lipinski definition) is 2. The Morgan fingerprint density at radius 3 is 2.68 bits per heavy atom. The average molecular weight is 484 g/mol. The van der Waals surface area contributed by atoms with Crippen LogP contribution in [0.15, 0.2) is 41.3 Å². The molecule has 0 spiro atoms. The zero-order valence-corrected chi connectivity index (χ0v) is 19.5. The van der Waals surface area contributed by atoms with E-state index in [-0.39, 0.29) is 12.8 Å². The van der Waals surface area contributed by atoms with Crippen LogP contribution in [0, 0.1) is 5.82 Å². The van der Waals surface area contributed by atoms with Crippen LogP contribution in [0.3, 0.4) is 0 Å². The number of pyridine rings is 1. The van der Waals surface area contributed by atoms with Gasteiger partial charge in [0.2, 0.25) is 0 Å². The number of rotatable bonds is 7. The molecule has 3 heterocycles. The van der Waals surface area contributed by atoms with Crippen molar-refractivity contribution in [2.75, 3.05) is 18.4 Å². The summed E-state index contributed by atoms with van der Waals surface area (Å²) in [4.78, 5) is 26.8. The van der Waals surface area contributed by atoms with Crippen molar-refractivity contribution in [2.24, 2.45) is 0 Å². The molecule has 3 aromatic rings. The number of benzene rings is 1. The first-order valence-electron chi connectivity index (χ1n) is 11.9. The van der Waals surface area contributed by atoms with E-state index in [4.69, 9.17) is 0 Å². The molecule has 2 aliphatic rings. The van der Waals surface area contributed by atoms with Gasteiger partial charge < -0.3 is 10.3 Å². The van der Waals surface area contributed by atoms with Gasteiger partial charge in [-0.1, -0.05) is 26.3 Å². The normalized spacial score (nSPS) is 17.7. The Bertz CT molecular complexity index is 1140. The molecule has 0 radical (unpaired) electrons. The molecule has 1 aromatic carbocycles. The van der Waals surface area contributed by atoms with Gasteiger partial charge in [-0.15, -0.1) is 0 Å². The van der Waals surface area contributed by atoms with Gasteiger partial charge in [-0.2, -0.15) is 11.8 Å². The Balaban J connectivity index is 0.00000274. The molecule has 182 valence electrons. The number of H-pyrrole nitrogens is 1. The van der Waals surface area contributed by atoms with Crippen molar-refractivity contribution < 1.29 is 4.39 Å². The van der Waals surface area contributed by atoms with E-state index in [1.54, 1.807) is 0 Å². The van der Waals surface area contributed by atoms with Crippen LogP contribution in [-0.4, -0.2) is 44.2 Å². The minimum absolute atomic E-state index is 0. The van der Waals surface area contributed by atoms with Gasteiger partial charge in [-0.05, 0) is 63.0 Å². The van der Waals surface area contributed by atoms with E-state index in [0.29, 0.717) is 34.1 Å². The Hall–Kier alpha value is -2.45. The molecule has 2 N–H and O–H groups in total. The molecule has 0 bridgehead atoms. The van der Waals surface area contributed by atoms with Crippen molar-refractivity contribution in [1.82, 2.24) is 19.9 Å². The van der Waals surface area contributed by atoms with Gasteiger partial charge in [0.25, 0.3) is 5.56 Å². The Morgan fingerprint density at radius 2 is 1.94 bits per heavy atom. The molecule has 5 rings (SSSR count). The Morgan fingerprint density at radius 1 is 1.15 bits per heavy atom. The van der Waals surface area contributed by atoms with E-state index < -0.39 is 11.4 Å². The number of piperidine rings is 1. The molecule has 1 saturated heterocycles. The molecule has 1 aliphatic carbocycles. The van der Waals surface area contributed by atoms with Gasteiger partial charge >= 0.3 is 0 Å². The number of hydrogen-bond acceptors (Lipinski definition) is 6. The molecule has 2 fully saturated rings. The lowest BCUT2D eigenvalue weighted by molar-refractivity contribution is 0.222. The van der Waals surface area contributed by atoms with Gasteiger partial charge in [-0.3, -0.25) is 14.7 Å². The summed E-state index contributed by atoms with van der Waals surface area (Å²) in [5, 5.41) is 3.98. The third kappa shape index (κ3) is 5.96. The van der Waals surface area contributed by atoms with E-state index in [0.717, 1.165) is 51.0 Å². The first-order chi connectivity index (χ1) is 16.1. The smallest absolute Gasteiger partial charge is 0.261 e. The third-order valence-corrected chi connectivity index (χ3v) is 8.02. The van der Waals surface area contributed by atoms with Crippen molar-refractivity contribution in [3.63, 3.8) is 0 Å². The number of halogens is 1. The first-order valence-corrected chi connectivity index (χ1v) is 12.9. The largest absolute Gasteiger partial charge is 0.382 e. The van der Waals surface area contributed by atoms with Crippen LogP contribution < -0.4 is 10.9 Å². The van der Waals surface area contributed by atoms with Crippen LogP contribution in [0.5, 0.6) is 0 Å². The minimum atomic E-state index is -0.513. The zero-order valence-electron chi connectivity index (χ0n) is 18.7. The number of likely N-dealkylation sites (tertiary alicyclic amines) is 1. The molecule has 8 heteroatoms. The van der Waals surface area contributed by atoms with Crippen molar-refractivity contribution in [3.05, 3.63) is 64.2 Å². The van der Waals surface area contributed by atoms with Crippen LogP contribution in [-0.2, 0) is 12.3 Å². The van der Waals surface area contributed by atoms with E-state index in [1.807, 2.05) is 36.2 Å². The highest BCUT2D eigenvalue weighted by atomic mass is 32.2. The van der Waals surface area contributed by atoms with Crippen LogP contribution in [0.25, 0.3) is 10.9 Å². The maximum absolute atomic E-state index is 14.7. The maximum Gasteiger partial charge on any atom is 0.261 e. The second-order valence-corrected chi connectivity index (χ2v) is 10.4. The number of aromatic nitrogens is 3. The Kier molecular flexibility index (Phi) is 8.21. The van der Waals surface area contributed by atoms with Crippen LogP contribution in [0.4, 0.5) is 10.1 Å². The molecule has 1 aliphatic heterocycles. The van der Waals surface area contributed by atoms with Crippen LogP contribution in [0.2, 0.25) is 0 Å². The number of aromatic amines is 1. The molecule has 0 atom stereocenters. The van der Waals surface area contributed by atoms with Crippen molar-refractivity contribution in [1.29, 1.82) is 0 Å². The topological polar surface area (TPSA) is 73.9 Å². The first kappa shape index (κ1) is 24.7. The summed E-state index contributed by atoms with van der Waals surface area (Å²) in [7, 11) is 0. The standard InChI is InChI=1S/C25H30FN5OS.CH4/c26-21-13-19(28-17-5-1-2-6-17)14-22-24(21)25(32)30-23(29-22)16-33-20-8-11-31(12-9-20)15-18-7-3-4-10-27-18;/h3-4,7,10,13-14,17,20,28H,1-2,5-6,8-9,11-12,15-16H2,(H,29,30,32);1H4. The summed E-state index contributed by atoms with van der Waals surface area (Å²) in [6.07, 6.45) is 8.65. The van der Waals surface area contributed by atoms with Gasteiger partial charge in [0.1, 0.15) is 17.0 Å². The summed E-state index contributed by atoms with van der Waals surface area (Å²) >= 11 is 1.83. The van der Waals surface area contributed by atoms with E-state index in [1.165, 1.54) is 18.9 Å². The molecule has 0 amide bonds. The fourth-order valence-corrected chi connectivity index (χ4v) is 5.96. The molecule has 2 aromatic heterocycles. The molecular weight excluding hydrogens is 449 g/mol. The summed E-state index contributed by atoms with van der Waals surface area (Å²) in [5.41, 5.74) is 1.85. The van der Waals surface area contributed by atoms with Crippen LogP contribution in [0.1, 0.15) is 57.5 Å². The molecule has 6 nitrogen and oxygen atoms in total. The summed E-state index contributed by atoms with van der Waals surface area (Å²) in [6.45, 7) is 2.97. The SMILES string of the molecule is C.O=c1[nH]c(CSC2CCN(Cc3ccccn3)CC2)nc2cc(NC3CCCC3)cc(F)c12. The Labute approximate surface area is 204 Å². The third-order valence-electron chi connectivity index (χ3n) is 6.64. The lowest BCUT2D eigenvalue weighted by Gasteiger charge is -2.31. The lowest BCUT2D eigenvalue weighted by atomic mass is 10.1. The number of nitrogens with zero attached hydrogens (tertiary/aromatic N) is 3. The summed E-state index contributed by atoms with van der Waals surface area (Å²) in [6, 6.07) is 9.66. The van der Waals surface area contributed by atoms with Gasteiger partial charge in [0.15, 0.2) is 0 Å². The van der Waals surface area contributed by atoms with Crippen molar-refractivity contribution >= 4 is 28.4 Å². The predicted molar refractivity (Wildman–Crippen MR) is 139 cm³/mol. The molecule has 1 saturated carbocycles. The highest BCUT2D eigenvalue weighted by Gasteiger charge is 2.21. The summed E-state index contributed by atoms with van der Waals surface area (Å²) in [5.74, 6) is 0.727. The minimum Gasteiger partial charge on any atom is -0.382 e. The lowest BCUT2D eigenvalue weighted by Crippen LogP contribution is -2.34. The van der Waals surface area contributed by atoms with Gasteiger partial charge in [0.05, 0.1) is 17.0 Å². The highest BCUT2D eigenvalue weighted by molar-refractivity contribution is 7.99. The van der Waals surface area contributed by atoms with E-state index in [2.05, 4.69) is 31.2 Å². The fourth-order valence-electron chi connectivity index (χ4n) is 4.88. The molecular formula is C26H34FN5OS. The summed E-state index contributed by atoms with van der Waals surface area (Å²) < 4.78 is 14.7. The second kappa shape index (κ2) is 11.3. The van der Waals surface area contributed by atoms with E-state index >= 15 is 0 Å². The number of nitrogens with one attached hydrogen (secondary N) is 2. The second-order valence-electron chi connectivity index (χ2n) is 9.10. The zero-order chi connectivity index (χ0) is 22.6. The number of thioether (sulfide) groups is 1. The monoisotopic (exact) mass is 483 g/mol. The highest BCUT2D eigenvalue weighted by Crippen LogP contribution is 2.28.